The van der Waals surface area contributed by atoms with Gasteiger partial charge in [-0.1, -0.05) is 22.9 Å². The maximum absolute atomic E-state index is 11.9. The van der Waals surface area contributed by atoms with Crippen LogP contribution in [0.25, 0.3) is 0 Å². The van der Waals surface area contributed by atoms with Gasteiger partial charge in [-0.25, -0.2) is 0 Å². The molecule has 3 N–H and O–H groups in total. The van der Waals surface area contributed by atoms with Gasteiger partial charge in [0.1, 0.15) is 0 Å². The average molecular weight is 340 g/mol. The first-order chi connectivity index (χ1) is 9.56. The Morgan fingerprint density at radius 1 is 1.35 bits per heavy atom. The smallest absolute Gasteiger partial charge is 0.243 e. The Morgan fingerprint density at radius 2 is 2.00 bits per heavy atom. The molecule has 2 amide bonds. The maximum Gasteiger partial charge on any atom is 0.243 e. The minimum Gasteiger partial charge on any atom is -0.347 e. The van der Waals surface area contributed by atoms with E-state index in [1.807, 2.05) is 19.1 Å². The van der Waals surface area contributed by atoms with Crippen molar-refractivity contribution in [3.05, 3.63) is 28.7 Å². The highest BCUT2D eigenvalue weighted by molar-refractivity contribution is 9.10. The Kier molecular flexibility index (Phi) is 5.14. The molecule has 1 unspecified atom stereocenters. The molecule has 1 aromatic rings. The molecule has 1 saturated heterocycles. The van der Waals surface area contributed by atoms with Crippen LogP contribution in [0.4, 0.5) is 5.69 Å². The van der Waals surface area contributed by atoms with Gasteiger partial charge in [0.15, 0.2) is 0 Å². The number of nitrogens with one attached hydrogen (secondary N) is 3. The number of anilines is 1. The Balaban J connectivity index is 1.74. The molecule has 0 bridgehead atoms. The first-order valence-corrected chi connectivity index (χ1v) is 7.39. The molecule has 20 heavy (non-hydrogen) atoms. The molecule has 1 fully saturated rings. The number of rotatable bonds is 5. The summed E-state index contributed by atoms with van der Waals surface area (Å²) in [6, 6.07) is 7.29. The lowest BCUT2D eigenvalue weighted by molar-refractivity contribution is -0.128. The van der Waals surface area contributed by atoms with Gasteiger partial charge in [0, 0.05) is 16.1 Å². The van der Waals surface area contributed by atoms with Gasteiger partial charge in [-0.05, 0) is 43.3 Å². The SMILES string of the molecule is CC(C(=O)NCC(=O)Nc1ccc(Br)cc1)C1CNC1. The molecule has 5 nitrogen and oxygen atoms in total. The fraction of sp³-hybridized carbons (Fsp3) is 0.429. The number of amides is 2. The van der Waals surface area contributed by atoms with Crippen molar-refractivity contribution in [2.24, 2.45) is 11.8 Å². The minimum absolute atomic E-state index is 0.000609. The molecule has 6 heteroatoms. The van der Waals surface area contributed by atoms with Crippen molar-refractivity contribution in [3.8, 4) is 0 Å². The Labute approximate surface area is 126 Å². The lowest BCUT2D eigenvalue weighted by atomic mass is 9.88. The van der Waals surface area contributed by atoms with Gasteiger partial charge in [-0.2, -0.15) is 0 Å². The fourth-order valence-corrected chi connectivity index (χ4v) is 2.21. The highest BCUT2D eigenvalue weighted by atomic mass is 79.9. The highest BCUT2D eigenvalue weighted by Gasteiger charge is 2.28. The van der Waals surface area contributed by atoms with Crippen molar-refractivity contribution < 1.29 is 9.59 Å². The predicted octanol–water partition coefficient (Wildman–Crippen LogP) is 1.36. The van der Waals surface area contributed by atoms with Gasteiger partial charge in [0.05, 0.1) is 6.54 Å². The third kappa shape index (κ3) is 4.05. The number of hydrogen-bond acceptors (Lipinski definition) is 3. The zero-order chi connectivity index (χ0) is 14.5. The number of hydrogen-bond donors (Lipinski definition) is 3. The highest BCUT2D eigenvalue weighted by Crippen LogP contribution is 2.16. The van der Waals surface area contributed by atoms with Crippen molar-refractivity contribution in [2.75, 3.05) is 25.0 Å². The summed E-state index contributed by atoms with van der Waals surface area (Å²) in [7, 11) is 0. The summed E-state index contributed by atoms with van der Waals surface area (Å²) in [6.45, 7) is 3.65. The largest absolute Gasteiger partial charge is 0.347 e. The monoisotopic (exact) mass is 339 g/mol. The van der Waals surface area contributed by atoms with Gasteiger partial charge >= 0.3 is 0 Å². The molecule has 108 valence electrons. The van der Waals surface area contributed by atoms with E-state index >= 15 is 0 Å². The summed E-state index contributed by atoms with van der Waals surface area (Å²) in [5.74, 6) is 0.0309. The summed E-state index contributed by atoms with van der Waals surface area (Å²) in [4.78, 5) is 23.6. The summed E-state index contributed by atoms with van der Waals surface area (Å²) in [5, 5.41) is 8.54. The van der Waals surface area contributed by atoms with E-state index in [0.717, 1.165) is 17.6 Å². The second-order valence-corrected chi connectivity index (χ2v) is 5.90. The quantitative estimate of drug-likeness (QED) is 0.758. The fourth-order valence-electron chi connectivity index (χ4n) is 1.95. The second kappa shape index (κ2) is 6.85. The van der Waals surface area contributed by atoms with E-state index in [1.165, 1.54) is 0 Å². The van der Waals surface area contributed by atoms with E-state index in [4.69, 9.17) is 0 Å². The zero-order valence-electron chi connectivity index (χ0n) is 11.3. The third-order valence-electron chi connectivity index (χ3n) is 3.48. The molecule has 1 atom stereocenters. The van der Waals surface area contributed by atoms with Crippen molar-refractivity contribution >= 4 is 33.4 Å². The second-order valence-electron chi connectivity index (χ2n) is 4.98. The molecule has 0 aromatic heterocycles. The summed E-state index contributed by atoms with van der Waals surface area (Å²) in [5.41, 5.74) is 0.712. The van der Waals surface area contributed by atoms with Gasteiger partial charge < -0.3 is 16.0 Å². The van der Waals surface area contributed by atoms with Crippen LogP contribution in [0.3, 0.4) is 0 Å². The predicted molar refractivity (Wildman–Crippen MR) is 81.3 cm³/mol. The third-order valence-corrected chi connectivity index (χ3v) is 4.01. The van der Waals surface area contributed by atoms with E-state index in [2.05, 4.69) is 31.9 Å². The lowest BCUT2D eigenvalue weighted by Crippen LogP contribution is -2.50. The molecular weight excluding hydrogens is 322 g/mol. The number of benzene rings is 1. The Morgan fingerprint density at radius 3 is 2.55 bits per heavy atom. The molecule has 1 aromatic carbocycles. The van der Waals surface area contributed by atoms with Crippen LogP contribution in [-0.4, -0.2) is 31.4 Å². The molecule has 1 aliphatic rings. The summed E-state index contributed by atoms with van der Waals surface area (Å²) in [6.07, 6.45) is 0. The molecule has 2 rings (SSSR count). The lowest BCUT2D eigenvalue weighted by Gasteiger charge is -2.31. The normalized spacial score (nSPS) is 16.1. The van der Waals surface area contributed by atoms with Gasteiger partial charge in [-0.15, -0.1) is 0 Å². The van der Waals surface area contributed by atoms with E-state index in [1.54, 1.807) is 12.1 Å². The molecule has 0 saturated carbocycles. The van der Waals surface area contributed by atoms with E-state index in [0.29, 0.717) is 11.6 Å². The average Bonchev–Trinajstić information content (AvgIpc) is 2.36. The first kappa shape index (κ1) is 15.0. The van der Waals surface area contributed by atoms with Crippen LogP contribution in [0.5, 0.6) is 0 Å². The van der Waals surface area contributed by atoms with E-state index < -0.39 is 0 Å². The van der Waals surface area contributed by atoms with Crippen LogP contribution in [0.15, 0.2) is 28.7 Å². The van der Waals surface area contributed by atoms with Crippen LogP contribution < -0.4 is 16.0 Å². The van der Waals surface area contributed by atoms with Crippen LogP contribution in [-0.2, 0) is 9.59 Å². The number of halogens is 1. The maximum atomic E-state index is 11.9. The molecule has 0 radical (unpaired) electrons. The van der Waals surface area contributed by atoms with Crippen molar-refractivity contribution in [1.29, 1.82) is 0 Å². The molecule has 0 spiro atoms. The van der Waals surface area contributed by atoms with Gasteiger partial charge in [0.25, 0.3) is 0 Å². The van der Waals surface area contributed by atoms with Crippen molar-refractivity contribution in [2.45, 2.75) is 6.92 Å². The topological polar surface area (TPSA) is 70.2 Å². The summed E-state index contributed by atoms with van der Waals surface area (Å²) >= 11 is 3.33. The summed E-state index contributed by atoms with van der Waals surface area (Å²) < 4.78 is 0.951. The van der Waals surface area contributed by atoms with Gasteiger partial charge in [0.2, 0.25) is 11.8 Å². The van der Waals surface area contributed by atoms with Crippen molar-refractivity contribution in [3.63, 3.8) is 0 Å². The molecule has 1 heterocycles. The van der Waals surface area contributed by atoms with Crippen LogP contribution in [0.2, 0.25) is 0 Å². The zero-order valence-corrected chi connectivity index (χ0v) is 12.9. The number of carbonyl (C=O) groups is 2. The van der Waals surface area contributed by atoms with Crippen LogP contribution >= 0.6 is 15.9 Å². The van der Waals surface area contributed by atoms with E-state index in [9.17, 15) is 9.59 Å². The Bertz CT molecular complexity index is 486. The number of carbonyl (C=O) groups excluding carboxylic acids is 2. The molecule has 0 aliphatic carbocycles. The van der Waals surface area contributed by atoms with E-state index in [-0.39, 0.29) is 24.3 Å². The van der Waals surface area contributed by atoms with Crippen LogP contribution in [0.1, 0.15) is 6.92 Å². The molecular formula is C14H18BrN3O2. The molecule has 1 aliphatic heterocycles. The standard InChI is InChI=1S/C14H18BrN3O2/c1-9(10-6-16-7-10)14(20)17-8-13(19)18-12-4-2-11(15)3-5-12/h2-5,9-10,16H,6-8H2,1H3,(H,17,20)(H,18,19). The van der Waals surface area contributed by atoms with Gasteiger partial charge in [-0.3, -0.25) is 9.59 Å². The first-order valence-electron chi connectivity index (χ1n) is 6.60. The Hall–Kier alpha value is -1.40. The van der Waals surface area contributed by atoms with Crippen molar-refractivity contribution in [1.82, 2.24) is 10.6 Å². The minimum atomic E-state index is -0.223. The van der Waals surface area contributed by atoms with Crippen LogP contribution in [0, 0.1) is 11.8 Å².